The Morgan fingerprint density at radius 1 is 1.75 bits per heavy atom. The highest BCUT2D eigenvalue weighted by atomic mass is 16.5. The lowest BCUT2D eigenvalue weighted by molar-refractivity contribution is -0.751. The summed E-state index contributed by atoms with van der Waals surface area (Å²) in [4.78, 5) is 0. The van der Waals surface area contributed by atoms with Gasteiger partial charge in [0.2, 0.25) is 0 Å². The van der Waals surface area contributed by atoms with Crippen LogP contribution in [0.2, 0.25) is 0 Å². The van der Waals surface area contributed by atoms with Crippen LogP contribution in [0.3, 0.4) is 0 Å². The molecule has 0 radical (unpaired) electrons. The Morgan fingerprint density at radius 2 is 2.50 bits per heavy atom. The molecule has 1 unspecified atom stereocenters. The van der Waals surface area contributed by atoms with Crippen molar-refractivity contribution in [1.82, 2.24) is 0 Å². The standard InChI is InChI=1S/C5H7NO2/c1-6(7)5-2-3-8-4-5/h2-4,6H,1H3. The number of furan rings is 1. The van der Waals surface area contributed by atoms with E-state index in [0.717, 1.165) is 0 Å². The summed E-state index contributed by atoms with van der Waals surface area (Å²) in [6.07, 6.45) is 2.92. The van der Waals surface area contributed by atoms with Crippen molar-refractivity contribution in [3.63, 3.8) is 0 Å². The van der Waals surface area contributed by atoms with E-state index in [1.807, 2.05) is 0 Å². The van der Waals surface area contributed by atoms with Gasteiger partial charge in [-0.1, -0.05) is 0 Å². The molecule has 1 heterocycles. The second-order valence-corrected chi connectivity index (χ2v) is 1.57. The highest BCUT2D eigenvalue weighted by Gasteiger charge is 1.93. The van der Waals surface area contributed by atoms with Gasteiger partial charge in [0.05, 0.1) is 13.3 Å². The van der Waals surface area contributed by atoms with Crippen LogP contribution in [0.15, 0.2) is 23.0 Å². The zero-order valence-electron chi connectivity index (χ0n) is 4.55. The van der Waals surface area contributed by atoms with E-state index in [4.69, 9.17) is 0 Å². The van der Waals surface area contributed by atoms with E-state index in [1.54, 1.807) is 6.07 Å². The summed E-state index contributed by atoms with van der Waals surface area (Å²) in [7, 11) is 1.50. The molecule has 0 saturated carbocycles. The number of nitrogens with one attached hydrogen (secondary N) is 1. The van der Waals surface area contributed by atoms with Gasteiger partial charge in [-0.25, -0.2) is 0 Å². The van der Waals surface area contributed by atoms with Crippen molar-refractivity contribution in [3.8, 4) is 0 Å². The number of quaternary nitrogens is 1. The SMILES string of the molecule is C[NH+]([O-])c1ccoc1. The Labute approximate surface area is 47.1 Å². The smallest absolute Gasteiger partial charge is 0.169 e. The second kappa shape index (κ2) is 1.98. The maximum absolute atomic E-state index is 10.4. The third-order valence-corrected chi connectivity index (χ3v) is 0.928. The van der Waals surface area contributed by atoms with Crippen molar-refractivity contribution in [1.29, 1.82) is 0 Å². The number of rotatable bonds is 1. The fourth-order valence-electron chi connectivity index (χ4n) is 0.465. The fraction of sp³-hybridized carbons (Fsp3) is 0.200. The Hall–Kier alpha value is -0.800. The maximum Gasteiger partial charge on any atom is 0.169 e. The summed E-state index contributed by atoms with van der Waals surface area (Å²) in [6, 6.07) is 1.64. The molecule has 8 heavy (non-hydrogen) atoms. The van der Waals surface area contributed by atoms with Crippen LogP contribution < -0.4 is 5.06 Å². The normalized spacial score (nSPS) is 13.8. The molecule has 0 saturated heterocycles. The van der Waals surface area contributed by atoms with Crippen molar-refractivity contribution >= 4 is 5.69 Å². The van der Waals surface area contributed by atoms with Gasteiger partial charge in [0.25, 0.3) is 0 Å². The average molecular weight is 113 g/mol. The lowest BCUT2D eigenvalue weighted by atomic mass is 10.5. The van der Waals surface area contributed by atoms with Crippen LogP contribution in [0.4, 0.5) is 5.69 Å². The van der Waals surface area contributed by atoms with Gasteiger partial charge in [-0.3, -0.25) is 0 Å². The van der Waals surface area contributed by atoms with E-state index in [0.29, 0.717) is 5.69 Å². The van der Waals surface area contributed by atoms with Crippen LogP contribution >= 0.6 is 0 Å². The first kappa shape index (κ1) is 5.34. The minimum atomic E-state index is 0.0405. The molecule has 1 rings (SSSR count). The third-order valence-electron chi connectivity index (χ3n) is 0.928. The monoisotopic (exact) mass is 113 g/mol. The Balaban J connectivity index is 2.77. The van der Waals surface area contributed by atoms with Gasteiger partial charge in [0.1, 0.15) is 0 Å². The van der Waals surface area contributed by atoms with Gasteiger partial charge >= 0.3 is 0 Å². The average Bonchev–Trinajstić information content (AvgIpc) is 2.12. The molecule has 0 fully saturated rings. The lowest BCUT2D eigenvalue weighted by Crippen LogP contribution is -2.98. The summed E-state index contributed by atoms with van der Waals surface area (Å²) in [5.74, 6) is 0. The molecular weight excluding hydrogens is 106 g/mol. The first-order chi connectivity index (χ1) is 3.80. The van der Waals surface area contributed by atoms with Crippen LogP contribution in [0.25, 0.3) is 0 Å². The largest absolute Gasteiger partial charge is 0.629 e. The van der Waals surface area contributed by atoms with Crippen molar-refractivity contribution in [2.24, 2.45) is 0 Å². The Kier molecular flexibility index (Phi) is 1.32. The first-order valence-corrected chi connectivity index (χ1v) is 2.34. The van der Waals surface area contributed by atoms with E-state index in [9.17, 15) is 5.21 Å². The van der Waals surface area contributed by atoms with Gasteiger partial charge in [-0.2, -0.15) is 0 Å². The summed E-state index contributed by atoms with van der Waals surface area (Å²) in [6.45, 7) is 0. The zero-order chi connectivity index (χ0) is 5.98. The fourth-order valence-corrected chi connectivity index (χ4v) is 0.465. The maximum atomic E-state index is 10.4. The lowest BCUT2D eigenvalue weighted by Gasteiger charge is -2.10. The number of hydrogen-bond donors (Lipinski definition) is 1. The molecule has 0 aliphatic rings. The summed E-state index contributed by atoms with van der Waals surface area (Å²) in [5, 5.41) is 10.5. The molecule has 0 aromatic carbocycles. The second-order valence-electron chi connectivity index (χ2n) is 1.57. The molecular formula is C5H7NO2. The molecule has 0 aliphatic carbocycles. The molecule has 1 atom stereocenters. The molecule has 1 aromatic heterocycles. The highest BCUT2D eigenvalue weighted by Crippen LogP contribution is 1.97. The molecule has 1 N–H and O–H groups in total. The molecule has 0 amide bonds. The summed E-state index contributed by atoms with van der Waals surface area (Å²) in [5.41, 5.74) is 0.630. The van der Waals surface area contributed by atoms with Gasteiger partial charge in [0.15, 0.2) is 12.0 Å². The third kappa shape index (κ3) is 0.882. The Morgan fingerprint density at radius 3 is 2.75 bits per heavy atom. The van der Waals surface area contributed by atoms with Gasteiger partial charge in [-0.15, -0.1) is 0 Å². The van der Waals surface area contributed by atoms with E-state index in [-0.39, 0.29) is 5.06 Å². The van der Waals surface area contributed by atoms with Gasteiger partial charge in [-0.05, 0) is 0 Å². The van der Waals surface area contributed by atoms with Gasteiger partial charge < -0.3 is 14.7 Å². The molecule has 0 spiro atoms. The van der Waals surface area contributed by atoms with Crippen molar-refractivity contribution in [3.05, 3.63) is 23.8 Å². The summed E-state index contributed by atoms with van der Waals surface area (Å²) >= 11 is 0. The van der Waals surface area contributed by atoms with Crippen LogP contribution in [-0.2, 0) is 0 Å². The van der Waals surface area contributed by atoms with E-state index < -0.39 is 0 Å². The van der Waals surface area contributed by atoms with E-state index >= 15 is 0 Å². The highest BCUT2D eigenvalue weighted by molar-refractivity contribution is 5.20. The molecule has 3 nitrogen and oxygen atoms in total. The molecule has 44 valence electrons. The molecule has 0 aliphatic heterocycles. The summed E-state index contributed by atoms with van der Waals surface area (Å²) < 4.78 is 4.65. The van der Waals surface area contributed by atoms with Crippen LogP contribution in [0, 0.1) is 5.21 Å². The Bertz CT molecular complexity index is 145. The quantitative estimate of drug-likeness (QED) is 0.517. The van der Waals surface area contributed by atoms with Crippen LogP contribution in [0.5, 0.6) is 0 Å². The number of hydrogen-bond acceptors (Lipinski definition) is 2. The van der Waals surface area contributed by atoms with Crippen LogP contribution in [-0.4, -0.2) is 7.05 Å². The molecule has 3 heteroatoms. The van der Waals surface area contributed by atoms with E-state index in [2.05, 4.69) is 4.42 Å². The minimum Gasteiger partial charge on any atom is -0.629 e. The predicted molar refractivity (Wildman–Crippen MR) is 28.6 cm³/mol. The topological polar surface area (TPSA) is 40.6 Å². The van der Waals surface area contributed by atoms with E-state index in [1.165, 1.54) is 19.6 Å². The van der Waals surface area contributed by atoms with Crippen molar-refractivity contribution in [2.75, 3.05) is 7.05 Å². The van der Waals surface area contributed by atoms with Crippen molar-refractivity contribution < 1.29 is 9.48 Å². The minimum absolute atomic E-state index is 0.0405. The van der Waals surface area contributed by atoms with Gasteiger partial charge in [0, 0.05) is 6.07 Å². The zero-order valence-corrected chi connectivity index (χ0v) is 4.55. The molecule has 0 bridgehead atoms. The van der Waals surface area contributed by atoms with Crippen LogP contribution in [0.1, 0.15) is 0 Å². The predicted octanol–water partition coefficient (Wildman–Crippen LogP) is -0.0764. The van der Waals surface area contributed by atoms with Crippen molar-refractivity contribution in [2.45, 2.75) is 0 Å². The first-order valence-electron chi connectivity index (χ1n) is 2.34. The molecule has 1 aromatic rings. The number of hydroxylamine groups is 1.